The monoisotopic (exact) mass is 465 g/mol. The average molecular weight is 465 g/mol. The highest BCUT2D eigenvalue weighted by Crippen LogP contribution is 2.21. The molecule has 0 aliphatic heterocycles. The van der Waals surface area contributed by atoms with Gasteiger partial charge in [-0.25, -0.2) is 24.5 Å². The highest BCUT2D eigenvalue weighted by Gasteiger charge is 2.14. The van der Waals surface area contributed by atoms with Crippen molar-refractivity contribution in [1.29, 1.82) is 0 Å². The molecule has 0 saturated heterocycles. The Morgan fingerprint density at radius 3 is 1.29 bits per heavy atom. The number of nitrogens with zero attached hydrogens (tertiary/aromatic N) is 3. The molecule has 3 aromatic heterocycles. The Balaban J connectivity index is 1.78. The van der Waals surface area contributed by atoms with Gasteiger partial charge in [0.1, 0.15) is 11.4 Å². The lowest BCUT2D eigenvalue weighted by Crippen LogP contribution is -2.12. The van der Waals surface area contributed by atoms with E-state index >= 15 is 0 Å². The summed E-state index contributed by atoms with van der Waals surface area (Å²) in [7, 11) is 0. The number of aromatic nitrogens is 3. The van der Waals surface area contributed by atoms with Gasteiger partial charge in [-0.2, -0.15) is 0 Å². The number of ether oxygens (including phenoxy) is 4. The molecule has 34 heavy (non-hydrogen) atoms. The fourth-order valence-corrected chi connectivity index (χ4v) is 2.58. The van der Waals surface area contributed by atoms with E-state index in [4.69, 9.17) is 9.47 Å². The molecule has 0 N–H and O–H groups in total. The zero-order valence-corrected chi connectivity index (χ0v) is 18.2. The van der Waals surface area contributed by atoms with Gasteiger partial charge in [0.25, 0.3) is 0 Å². The van der Waals surface area contributed by atoms with E-state index in [2.05, 4.69) is 24.4 Å². The smallest absolute Gasteiger partial charge is 0.359 e. The van der Waals surface area contributed by atoms with Crippen molar-refractivity contribution in [2.75, 3.05) is 13.6 Å². The molecular formula is C23H19N3O8. The van der Waals surface area contributed by atoms with Crippen molar-refractivity contribution in [2.45, 2.75) is 13.8 Å². The van der Waals surface area contributed by atoms with E-state index in [1.54, 1.807) is 42.5 Å². The van der Waals surface area contributed by atoms with E-state index in [-0.39, 0.29) is 11.4 Å². The molecule has 174 valence electrons. The molecule has 0 unspecified atom stereocenters. The van der Waals surface area contributed by atoms with Crippen molar-refractivity contribution in [1.82, 2.24) is 15.0 Å². The van der Waals surface area contributed by atoms with E-state index in [0.717, 1.165) is 0 Å². The first-order valence-corrected chi connectivity index (χ1v) is 9.86. The van der Waals surface area contributed by atoms with Crippen molar-refractivity contribution in [3.05, 3.63) is 66.0 Å². The molecule has 0 aliphatic rings. The van der Waals surface area contributed by atoms with Crippen molar-refractivity contribution in [2.24, 2.45) is 0 Å². The van der Waals surface area contributed by atoms with Crippen LogP contribution in [0.4, 0.5) is 0 Å². The summed E-state index contributed by atoms with van der Waals surface area (Å²) in [5, 5.41) is 0. The standard InChI is InChI=1S/C23H19N3O8/c1-14(27)31-12-33-22(29)20-10-4-8-18(25-20)16-6-3-7-17(24-16)19-9-5-11-21(26-19)23(30)34-13-32-15(2)28/h3-11H,12-13H2,1-2H3. The third kappa shape index (κ3) is 6.66. The highest BCUT2D eigenvalue weighted by molar-refractivity contribution is 5.88. The number of carbonyl (C=O) groups is 4. The zero-order valence-electron chi connectivity index (χ0n) is 18.2. The van der Waals surface area contributed by atoms with Crippen LogP contribution in [0.25, 0.3) is 22.8 Å². The molecule has 0 amide bonds. The lowest BCUT2D eigenvalue weighted by Gasteiger charge is -2.08. The Morgan fingerprint density at radius 1 is 0.559 bits per heavy atom. The van der Waals surface area contributed by atoms with Crippen molar-refractivity contribution in [3.63, 3.8) is 0 Å². The molecule has 11 heteroatoms. The first kappa shape index (κ1) is 24.0. The topological polar surface area (TPSA) is 144 Å². The van der Waals surface area contributed by atoms with Gasteiger partial charge in [-0.3, -0.25) is 9.59 Å². The lowest BCUT2D eigenvalue weighted by atomic mass is 10.2. The zero-order chi connectivity index (χ0) is 24.5. The Morgan fingerprint density at radius 2 is 0.912 bits per heavy atom. The second-order valence-electron chi connectivity index (χ2n) is 6.60. The quantitative estimate of drug-likeness (QED) is 0.357. The van der Waals surface area contributed by atoms with Gasteiger partial charge in [0.15, 0.2) is 0 Å². The van der Waals surface area contributed by atoms with Crippen molar-refractivity contribution >= 4 is 23.9 Å². The van der Waals surface area contributed by atoms with Gasteiger partial charge in [-0.15, -0.1) is 0 Å². The molecule has 0 spiro atoms. The van der Waals surface area contributed by atoms with Crippen LogP contribution in [0.1, 0.15) is 34.8 Å². The SMILES string of the molecule is CC(=O)OCOC(=O)c1cccc(-c2cccc(-c3cccc(C(=O)OCOC(C)=O)n3)n2)n1. The predicted molar refractivity (Wildman–Crippen MR) is 115 cm³/mol. The Hall–Kier alpha value is -4.67. The minimum absolute atomic E-state index is 0.00695. The number of rotatable bonds is 8. The molecule has 3 aromatic rings. The van der Waals surface area contributed by atoms with E-state index in [1.807, 2.05) is 0 Å². The number of esters is 4. The van der Waals surface area contributed by atoms with Crippen LogP contribution >= 0.6 is 0 Å². The molecule has 11 nitrogen and oxygen atoms in total. The number of hydrogen-bond donors (Lipinski definition) is 0. The third-order valence-electron chi connectivity index (χ3n) is 4.09. The van der Waals surface area contributed by atoms with Crippen LogP contribution in [0, 0.1) is 0 Å². The Labute approximate surface area is 193 Å². The van der Waals surface area contributed by atoms with Crippen LogP contribution in [0.3, 0.4) is 0 Å². The molecule has 0 atom stereocenters. The summed E-state index contributed by atoms with van der Waals surface area (Å²) in [5.41, 5.74) is 1.68. The second kappa shape index (κ2) is 11.3. The summed E-state index contributed by atoms with van der Waals surface area (Å²) in [6.45, 7) is 1.36. The van der Waals surface area contributed by atoms with Gasteiger partial charge < -0.3 is 18.9 Å². The normalized spacial score (nSPS) is 10.2. The van der Waals surface area contributed by atoms with Crippen molar-refractivity contribution < 1.29 is 38.1 Å². The predicted octanol–water partition coefficient (Wildman–Crippen LogP) is 2.56. The van der Waals surface area contributed by atoms with Gasteiger partial charge in [-0.05, 0) is 36.4 Å². The summed E-state index contributed by atoms with van der Waals surface area (Å²) < 4.78 is 18.9. The maximum absolute atomic E-state index is 12.1. The molecule has 0 aliphatic carbocycles. The van der Waals surface area contributed by atoms with Crippen molar-refractivity contribution in [3.8, 4) is 22.8 Å². The molecular weight excluding hydrogens is 446 g/mol. The van der Waals surface area contributed by atoms with Gasteiger partial charge in [-0.1, -0.05) is 18.2 Å². The molecule has 0 bridgehead atoms. The van der Waals surface area contributed by atoms with Crippen LogP contribution in [0.2, 0.25) is 0 Å². The molecule has 3 rings (SSSR count). The van der Waals surface area contributed by atoms with Gasteiger partial charge >= 0.3 is 23.9 Å². The van der Waals surface area contributed by atoms with E-state index in [0.29, 0.717) is 22.8 Å². The summed E-state index contributed by atoms with van der Waals surface area (Å²) in [5.74, 6) is -2.68. The number of hydrogen-bond acceptors (Lipinski definition) is 11. The number of pyridine rings is 3. The largest absolute Gasteiger partial charge is 0.428 e. The first-order chi connectivity index (χ1) is 16.3. The Kier molecular flexibility index (Phi) is 7.95. The third-order valence-corrected chi connectivity index (χ3v) is 4.09. The summed E-state index contributed by atoms with van der Waals surface area (Å²) in [4.78, 5) is 58.9. The molecule has 0 aromatic carbocycles. The van der Waals surface area contributed by atoms with E-state index < -0.39 is 37.5 Å². The van der Waals surface area contributed by atoms with E-state index in [9.17, 15) is 19.2 Å². The molecule has 3 heterocycles. The van der Waals surface area contributed by atoms with Gasteiger partial charge in [0, 0.05) is 13.8 Å². The minimum atomic E-state index is -0.763. The van der Waals surface area contributed by atoms with Gasteiger partial charge in [0.2, 0.25) is 13.6 Å². The first-order valence-electron chi connectivity index (χ1n) is 9.86. The second-order valence-corrected chi connectivity index (χ2v) is 6.60. The summed E-state index contributed by atoms with van der Waals surface area (Å²) in [6, 6.07) is 14.5. The maximum atomic E-state index is 12.1. The minimum Gasteiger partial charge on any atom is -0.428 e. The lowest BCUT2D eigenvalue weighted by molar-refractivity contribution is -0.150. The fraction of sp³-hybridized carbons (Fsp3) is 0.174. The van der Waals surface area contributed by atoms with Crippen LogP contribution in [0.15, 0.2) is 54.6 Å². The fourth-order valence-electron chi connectivity index (χ4n) is 2.58. The van der Waals surface area contributed by atoms with Crippen LogP contribution < -0.4 is 0 Å². The number of carbonyl (C=O) groups excluding carboxylic acids is 4. The molecule has 0 radical (unpaired) electrons. The van der Waals surface area contributed by atoms with Crippen LogP contribution in [0.5, 0.6) is 0 Å². The van der Waals surface area contributed by atoms with Crippen LogP contribution in [-0.4, -0.2) is 52.4 Å². The summed E-state index contributed by atoms with van der Waals surface area (Å²) >= 11 is 0. The van der Waals surface area contributed by atoms with Gasteiger partial charge in [0.05, 0.1) is 22.8 Å². The maximum Gasteiger partial charge on any atom is 0.359 e. The average Bonchev–Trinajstić information content (AvgIpc) is 2.83. The van der Waals surface area contributed by atoms with Crippen LogP contribution in [-0.2, 0) is 28.5 Å². The molecule has 0 fully saturated rings. The summed E-state index contributed by atoms with van der Waals surface area (Å²) in [6.07, 6.45) is 0. The molecule has 0 saturated carbocycles. The van der Waals surface area contributed by atoms with E-state index in [1.165, 1.54) is 26.0 Å². The highest BCUT2D eigenvalue weighted by atomic mass is 16.7. The Bertz CT molecular complexity index is 1140.